The Morgan fingerprint density at radius 1 is 1.17 bits per heavy atom. The summed E-state index contributed by atoms with van der Waals surface area (Å²) in [5.41, 5.74) is 5.39. The number of amides is 2. The number of nitrogens with zero attached hydrogens (tertiary/aromatic N) is 5. The van der Waals surface area contributed by atoms with Gasteiger partial charge in [0.2, 0.25) is 11.1 Å². The van der Waals surface area contributed by atoms with Gasteiger partial charge in [0.05, 0.1) is 12.0 Å². The van der Waals surface area contributed by atoms with Gasteiger partial charge in [-0.15, -0.1) is 0 Å². The molecule has 5 rings (SSSR count). The molecule has 0 radical (unpaired) electrons. The van der Waals surface area contributed by atoms with Crippen molar-refractivity contribution < 1.29 is 9.59 Å². The zero-order valence-corrected chi connectivity index (χ0v) is 21.0. The standard InChI is InChI=1S/C26H28N6O2S/c1-4-18-7-9-20(10-8-18)31-16(2)13-19(17(31)3)14-21-24(27)32-26(28-25(21)34)35-22(29-32)15-23(33)30-11-5-6-12-30/h7-10,13-14,27H,4-6,11-12,15H2,1-3H3/b21-14-,27-24?. The minimum absolute atomic E-state index is 0.0202. The number of carbonyl (C=O) groups is 2. The van der Waals surface area contributed by atoms with E-state index in [4.69, 9.17) is 5.41 Å². The Hall–Kier alpha value is -3.46. The molecule has 0 spiro atoms. The maximum absolute atomic E-state index is 12.9. The molecule has 8 nitrogen and oxygen atoms in total. The van der Waals surface area contributed by atoms with E-state index in [1.165, 1.54) is 22.3 Å². The number of aromatic nitrogens is 1. The normalized spacial score (nSPS) is 18.9. The van der Waals surface area contributed by atoms with E-state index in [1.807, 2.05) is 24.8 Å². The fraction of sp³-hybridized carbons (Fsp3) is 0.346. The monoisotopic (exact) mass is 488 g/mol. The van der Waals surface area contributed by atoms with E-state index < -0.39 is 5.91 Å². The quantitative estimate of drug-likeness (QED) is 0.636. The molecular formula is C26H28N6O2S. The van der Waals surface area contributed by atoms with Gasteiger partial charge in [-0.05, 0) is 80.3 Å². The Morgan fingerprint density at radius 3 is 2.57 bits per heavy atom. The molecule has 3 aliphatic rings. The van der Waals surface area contributed by atoms with Gasteiger partial charge in [0.25, 0.3) is 5.91 Å². The summed E-state index contributed by atoms with van der Waals surface area (Å²) in [4.78, 5) is 31.4. The topological polar surface area (TPSA) is 94.1 Å². The second-order valence-electron chi connectivity index (χ2n) is 8.96. The molecule has 1 saturated heterocycles. The number of likely N-dealkylation sites (tertiary alicyclic amines) is 1. The summed E-state index contributed by atoms with van der Waals surface area (Å²) < 4.78 is 2.14. The third-order valence-corrected chi connectivity index (χ3v) is 7.54. The third-order valence-electron chi connectivity index (χ3n) is 6.63. The number of amidine groups is 2. The Balaban J connectivity index is 1.40. The van der Waals surface area contributed by atoms with Crippen molar-refractivity contribution in [2.45, 2.75) is 46.5 Å². The van der Waals surface area contributed by atoms with Crippen molar-refractivity contribution in [1.82, 2.24) is 14.5 Å². The highest BCUT2D eigenvalue weighted by Crippen LogP contribution is 2.31. The first-order chi connectivity index (χ1) is 16.9. The van der Waals surface area contributed by atoms with Crippen LogP contribution in [-0.2, 0) is 16.0 Å². The lowest BCUT2D eigenvalue weighted by atomic mass is 10.1. The van der Waals surface area contributed by atoms with Gasteiger partial charge in [-0.25, -0.2) is 0 Å². The Labute approximate surface area is 208 Å². The highest BCUT2D eigenvalue weighted by Gasteiger charge is 2.36. The van der Waals surface area contributed by atoms with E-state index in [1.54, 1.807) is 6.08 Å². The van der Waals surface area contributed by atoms with Gasteiger partial charge in [0.15, 0.2) is 5.84 Å². The molecule has 180 valence electrons. The van der Waals surface area contributed by atoms with Crippen molar-refractivity contribution in [2.75, 3.05) is 13.1 Å². The lowest BCUT2D eigenvalue weighted by molar-refractivity contribution is -0.128. The van der Waals surface area contributed by atoms with Crippen molar-refractivity contribution in [3.05, 3.63) is 58.4 Å². The zero-order valence-electron chi connectivity index (χ0n) is 20.2. The first-order valence-electron chi connectivity index (χ1n) is 11.9. The highest BCUT2D eigenvalue weighted by molar-refractivity contribution is 8.27. The number of carbonyl (C=O) groups excluding carboxylic acids is 2. The molecule has 3 aliphatic heterocycles. The molecular weight excluding hydrogens is 460 g/mol. The number of hydrogen-bond donors (Lipinski definition) is 1. The lowest BCUT2D eigenvalue weighted by Crippen LogP contribution is -2.35. The molecule has 0 saturated carbocycles. The van der Waals surface area contributed by atoms with E-state index >= 15 is 0 Å². The molecule has 0 unspecified atom stereocenters. The van der Waals surface area contributed by atoms with Gasteiger partial charge in [0, 0.05) is 30.2 Å². The van der Waals surface area contributed by atoms with Crippen LogP contribution in [0.1, 0.15) is 48.7 Å². The summed E-state index contributed by atoms with van der Waals surface area (Å²) in [6.07, 6.45) is 4.93. The molecule has 1 fully saturated rings. The summed E-state index contributed by atoms with van der Waals surface area (Å²) in [7, 11) is 0. The van der Waals surface area contributed by atoms with E-state index in [-0.39, 0.29) is 23.7 Å². The SMILES string of the molecule is CCc1ccc(-n2c(C)cc(/C=C3/C(=N)N4N=C(CC(=O)N5CCCC5)SC4=NC3=O)c2C)cc1. The summed E-state index contributed by atoms with van der Waals surface area (Å²) in [5.74, 6) is -0.455. The van der Waals surface area contributed by atoms with Crippen LogP contribution in [-0.4, -0.2) is 55.4 Å². The summed E-state index contributed by atoms with van der Waals surface area (Å²) in [6.45, 7) is 7.73. The predicted octanol–water partition coefficient (Wildman–Crippen LogP) is 4.29. The Kier molecular flexibility index (Phi) is 6.19. The number of aryl methyl sites for hydroxylation is 2. The summed E-state index contributed by atoms with van der Waals surface area (Å²) >= 11 is 1.19. The molecule has 2 aromatic rings. The van der Waals surface area contributed by atoms with Crippen LogP contribution in [0.15, 0.2) is 46.0 Å². The van der Waals surface area contributed by atoms with Crippen molar-refractivity contribution in [3.63, 3.8) is 0 Å². The molecule has 9 heteroatoms. The number of thioether (sulfide) groups is 1. The Morgan fingerprint density at radius 2 is 1.89 bits per heavy atom. The largest absolute Gasteiger partial charge is 0.342 e. The van der Waals surface area contributed by atoms with Crippen LogP contribution in [0.3, 0.4) is 0 Å². The van der Waals surface area contributed by atoms with Gasteiger partial charge in [-0.3, -0.25) is 15.0 Å². The second kappa shape index (κ2) is 9.30. The number of fused-ring (bicyclic) bond motifs is 1. The van der Waals surface area contributed by atoms with Crippen LogP contribution in [0.4, 0.5) is 0 Å². The molecule has 1 aromatic carbocycles. The predicted molar refractivity (Wildman–Crippen MR) is 140 cm³/mol. The highest BCUT2D eigenvalue weighted by atomic mass is 32.2. The maximum atomic E-state index is 12.9. The smallest absolute Gasteiger partial charge is 0.283 e. The molecule has 2 amide bonds. The van der Waals surface area contributed by atoms with Crippen molar-refractivity contribution >= 4 is 45.7 Å². The van der Waals surface area contributed by atoms with Crippen LogP contribution in [0.2, 0.25) is 0 Å². The Bertz CT molecular complexity index is 1310. The van der Waals surface area contributed by atoms with Gasteiger partial charge in [0.1, 0.15) is 5.04 Å². The molecule has 0 atom stereocenters. The molecule has 1 aromatic heterocycles. The first kappa shape index (κ1) is 23.3. The molecule has 4 heterocycles. The number of rotatable bonds is 5. The van der Waals surface area contributed by atoms with E-state index in [0.717, 1.165) is 55.0 Å². The minimum Gasteiger partial charge on any atom is -0.342 e. The van der Waals surface area contributed by atoms with Gasteiger partial charge in [-0.1, -0.05) is 19.1 Å². The fourth-order valence-electron chi connectivity index (χ4n) is 4.68. The average Bonchev–Trinajstić information content (AvgIpc) is 3.57. The molecule has 35 heavy (non-hydrogen) atoms. The van der Waals surface area contributed by atoms with E-state index in [2.05, 4.69) is 45.9 Å². The maximum Gasteiger partial charge on any atom is 0.283 e. The second-order valence-corrected chi connectivity index (χ2v) is 10.0. The average molecular weight is 489 g/mol. The van der Waals surface area contributed by atoms with Crippen molar-refractivity contribution in [1.29, 1.82) is 5.41 Å². The summed E-state index contributed by atoms with van der Waals surface area (Å²) in [5, 5.41) is 15.4. The van der Waals surface area contributed by atoms with Gasteiger partial charge >= 0.3 is 0 Å². The van der Waals surface area contributed by atoms with Gasteiger partial charge < -0.3 is 9.47 Å². The minimum atomic E-state index is -0.465. The fourth-order valence-corrected chi connectivity index (χ4v) is 5.55. The first-order valence-corrected chi connectivity index (χ1v) is 12.7. The summed E-state index contributed by atoms with van der Waals surface area (Å²) in [6, 6.07) is 10.5. The number of hydrazone groups is 1. The number of benzene rings is 1. The van der Waals surface area contributed by atoms with Crippen LogP contribution in [0, 0.1) is 19.3 Å². The molecule has 1 N–H and O–H groups in total. The van der Waals surface area contributed by atoms with E-state index in [0.29, 0.717) is 10.2 Å². The number of aliphatic imine (C=N–C) groups is 1. The van der Waals surface area contributed by atoms with Gasteiger partial charge in [-0.2, -0.15) is 15.1 Å². The van der Waals surface area contributed by atoms with Crippen LogP contribution >= 0.6 is 11.8 Å². The number of nitrogens with one attached hydrogen (secondary N) is 1. The van der Waals surface area contributed by atoms with Crippen LogP contribution < -0.4 is 0 Å². The third kappa shape index (κ3) is 4.36. The molecule has 0 bridgehead atoms. The van der Waals surface area contributed by atoms with Crippen molar-refractivity contribution in [3.8, 4) is 5.69 Å². The van der Waals surface area contributed by atoms with Crippen LogP contribution in [0.25, 0.3) is 11.8 Å². The van der Waals surface area contributed by atoms with E-state index in [9.17, 15) is 9.59 Å². The van der Waals surface area contributed by atoms with Crippen molar-refractivity contribution in [2.24, 2.45) is 10.1 Å². The number of hydrogen-bond acceptors (Lipinski definition) is 5. The zero-order chi connectivity index (χ0) is 24.7. The van der Waals surface area contributed by atoms with Crippen LogP contribution in [0.5, 0.6) is 0 Å². The molecule has 0 aliphatic carbocycles. The lowest BCUT2D eigenvalue weighted by Gasteiger charge is -2.20.